The largest absolute Gasteiger partial charge is 0.507 e. The number of pyridine rings is 1. The summed E-state index contributed by atoms with van der Waals surface area (Å²) < 4.78 is 24.4. The molecular weight excluding hydrogens is 212 g/mol. The topological polar surface area (TPSA) is 90.4 Å². The number of aromatic nitrogens is 1. The lowest BCUT2D eigenvalue weighted by Gasteiger charge is -2.04. The van der Waals surface area contributed by atoms with E-state index in [4.69, 9.17) is 10.2 Å². The first-order valence-corrected chi connectivity index (χ1v) is 3.87. The Morgan fingerprint density at radius 3 is 2.53 bits per heavy atom. The number of aromatic hydroxyl groups is 1. The number of rotatable bonds is 3. The van der Waals surface area contributed by atoms with E-state index < -0.39 is 35.7 Å². The van der Waals surface area contributed by atoms with Gasteiger partial charge in [-0.05, 0) is 0 Å². The van der Waals surface area contributed by atoms with E-state index in [-0.39, 0.29) is 5.69 Å². The van der Waals surface area contributed by atoms with Crippen molar-refractivity contribution in [3.8, 4) is 5.75 Å². The highest BCUT2D eigenvalue weighted by molar-refractivity contribution is 5.69. The zero-order valence-corrected chi connectivity index (χ0v) is 7.33. The van der Waals surface area contributed by atoms with Gasteiger partial charge in [-0.15, -0.1) is 0 Å². The van der Waals surface area contributed by atoms with Crippen molar-refractivity contribution in [2.75, 3.05) is 0 Å². The molecule has 0 saturated heterocycles. The van der Waals surface area contributed by atoms with Crippen molar-refractivity contribution in [2.45, 2.75) is 12.8 Å². The molecule has 0 radical (unpaired) electrons. The minimum atomic E-state index is -3.10. The molecule has 0 aliphatic carbocycles. The molecule has 0 atom stereocenters. The molecule has 0 bridgehead atoms. The van der Waals surface area contributed by atoms with Crippen molar-refractivity contribution < 1.29 is 23.8 Å². The molecule has 7 heteroatoms. The van der Waals surface area contributed by atoms with E-state index in [0.29, 0.717) is 0 Å². The highest BCUT2D eigenvalue weighted by Crippen LogP contribution is 2.24. The maximum absolute atomic E-state index is 12.2. The number of carbonyl (C=O) groups is 1. The van der Waals surface area contributed by atoms with E-state index in [9.17, 15) is 18.4 Å². The van der Waals surface area contributed by atoms with Crippen molar-refractivity contribution in [2.24, 2.45) is 0 Å². The van der Waals surface area contributed by atoms with Gasteiger partial charge >= 0.3 is 5.97 Å². The van der Waals surface area contributed by atoms with Gasteiger partial charge in [0.1, 0.15) is 11.3 Å². The van der Waals surface area contributed by atoms with E-state index in [1.54, 1.807) is 0 Å². The average Bonchev–Trinajstić information content (AvgIpc) is 1.99. The van der Waals surface area contributed by atoms with Crippen LogP contribution in [0.2, 0.25) is 0 Å². The Hall–Kier alpha value is -1.92. The molecule has 0 unspecified atom stereocenters. The lowest BCUT2D eigenvalue weighted by Crippen LogP contribution is -2.16. The van der Waals surface area contributed by atoms with Gasteiger partial charge in [0.2, 0.25) is 0 Å². The van der Waals surface area contributed by atoms with Gasteiger partial charge in [0.15, 0.2) is 0 Å². The van der Waals surface area contributed by atoms with Crippen LogP contribution in [-0.4, -0.2) is 21.2 Å². The van der Waals surface area contributed by atoms with Gasteiger partial charge < -0.3 is 15.2 Å². The maximum Gasteiger partial charge on any atom is 0.309 e. The van der Waals surface area contributed by atoms with Crippen LogP contribution < -0.4 is 5.56 Å². The quantitative estimate of drug-likeness (QED) is 0.695. The van der Waals surface area contributed by atoms with Gasteiger partial charge in [-0.1, -0.05) is 0 Å². The van der Waals surface area contributed by atoms with Crippen molar-refractivity contribution in [3.63, 3.8) is 0 Å². The number of hydrogen-bond acceptors (Lipinski definition) is 3. The molecular formula is C8H7F2NO4. The number of carboxylic acid groups (broad SMARTS) is 1. The van der Waals surface area contributed by atoms with Crippen LogP contribution in [0.25, 0.3) is 0 Å². The Labute approximate surface area is 82.0 Å². The fraction of sp³-hybridized carbons (Fsp3) is 0.250. The summed E-state index contributed by atoms with van der Waals surface area (Å²) in [5, 5.41) is 17.4. The Morgan fingerprint density at radius 1 is 1.53 bits per heavy atom. The lowest BCUT2D eigenvalue weighted by atomic mass is 10.2. The molecule has 5 nitrogen and oxygen atoms in total. The summed E-state index contributed by atoms with van der Waals surface area (Å²) in [6.45, 7) is 0. The number of alkyl halides is 2. The van der Waals surface area contributed by atoms with E-state index in [2.05, 4.69) is 0 Å². The molecule has 1 aromatic heterocycles. The first-order valence-electron chi connectivity index (χ1n) is 3.87. The normalized spacial score (nSPS) is 10.6. The molecule has 15 heavy (non-hydrogen) atoms. The Bertz CT molecular complexity index is 441. The number of hydrogen-bond donors (Lipinski definition) is 3. The fourth-order valence-corrected chi connectivity index (χ4v) is 1.08. The third-order valence-corrected chi connectivity index (χ3v) is 1.67. The van der Waals surface area contributed by atoms with E-state index in [0.717, 1.165) is 6.07 Å². The zero-order chi connectivity index (χ0) is 11.6. The molecule has 3 N–H and O–H groups in total. The molecule has 1 rings (SSSR count). The predicted molar refractivity (Wildman–Crippen MR) is 45.0 cm³/mol. The standard InChI is InChI=1S/C8H7F2NO4/c9-7(10)6-4(12)1-3(2-5(13)14)11-8(6)15/h1,7H,2H2,(H,13,14)(H2,11,12,15). The average molecular weight is 219 g/mol. The van der Waals surface area contributed by atoms with Crippen LogP contribution in [0, 0.1) is 0 Å². The summed E-state index contributed by atoms with van der Waals surface area (Å²) in [6.07, 6.45) is -3.65. The molecule has 0 aliphatic heterocycles. The summed E-state index contributed by atoms with van der Waals surface area (Å²) in [6, 6.07) is 0.803. The highest BCUT2D eigenvalue weighted by atomic mass is 19.3. The predicted octanol–water partition coefficient (Wildman–Crippen LogP) is 0.645. The Kier molecular flexibility index (Phi) is 3.03. The van der Waals surface area contributed by atoms with Crippen LogP contribution in [0.15, 0.2) is 10.9 Å². The van der Waals surface area contributed by atoms with E-state index in [1.807, 2.05) is 4.98 Å². The lowest BCUT2D eigenvalue weighted by molar-refractivity contribution is -0.136. The summed E-state index contributed by atoms with van der Waals surface area (Å²) in [4.78, 5) is 23.2. The summed E-state index contributed by atoms with van der Waals surface area (Å²) in [5.41, 5.74) is -2.36. The van der Waals surface area contributed by atoms with Crippen molar-refractivity contribution in [1.82, 2.24) is 4.98 Å². The highest BCUT2D eigenvalue weighted by Gasteiger charge is 2.18. The summed E-state index contributed by atoms with van der Waals surface area (Å²) in [5.74, 6) is -2.14. The molecule has 0 saturated carbocycles. The Balaban J connectivity index is 3.20. The van der Waals surface area contributed by atoms with Crippen LogP contribution in [0.4, 0.5) is 8.78 Å². The SMILES string of the molecule is O=C(O)Cc1cc(O)c(C(F)F)c(=O)[nH]1. The fourth-order valence-electron chi connectivity index (χ4n) is 1.08. The van der Waals surface area contributed by atoms with Crippen LogP contribution in [0.5, 0.6) is 5.75 Å². The smallest absolute Gasteiger partial charge is 0.309 e. The van der Waals surface area contributed by atoms with Gasteiger partial charge in [-0.2, -0.15) is 0 Å². The third kappa shape index (κ3) is 2.52. The second-order valence-electron chi connectivity index (χ2n) is 2.79. The van der Waals surface area contributed by atoms with Gasteiger partial charge in [0.05, 0.1) is 6.42 Å². The van der Waals surface area contributed by atoms with Gasteiger partial charge in [0, 0.05) is 11.8 Å². The Morgan fingerprint density at radius 2 is 2.13 bits per heavy atom. The first kappa shape index (κ1) is 11.2. The molecule has 1 aromatic rings. The van der Waals surface area contributed by atoms with E-state index in [1.165, 1.54) is 0 Å². The van der Waals surface area contributed by atoms with Crippen LogP contribution >= 0.6 is 0 Å². The first-order chi connectivity index (χ1) is 6.91. The van der Waals surface area contributed by atoms with Crippen LogP contribution in [0.3, 0.4) is 0 Å². The maximum atomic E-state index is 12.2. The van der Waals surface area contributed by atoms with E-state index >= 15 is 0 Å². The van der Waals surface area contributed by atoms with Crippen molar-refractivity contribution in [1.29, 1.82) is 0 Å². The molecule has 0 aromatic carbocycles. The molecule has 1 heterocycles. The number of aliphatic carboxylic acids is 1. The number of nitrogens with one attached hydrogen (secondary N) is 1. The number of halogens is 2. The second kappa shape index (κ2) is 4.07. The molecule has 0 aliphatic rings. The number of aromatic amines is 1. The summed E-state index contributed by atoms with van der Waals surface area (Å²) in [7, 11) is 0. The van der Waals surface area contributed by atoms with Crippen LogP contribution in [0.1, 0.15) is 17.7 Å². The monoisotopic (exact) mass is 219 g/mol. The molecule has 82 valence electrons. The molecule has 0 amide bonds. The minimum absolute atomic E-state index is 0.130. The zero-order valence-electron chi connectivity index (χ0n) is 7.33. The van der Waals surface area contributed by atoms with Gasteiger partial charge in [-0.3, -0.25) is 9.59 Å². The molecule has 0 spiro atoms. The summed E-state index contributed by atoms with van der Waals surface area (Å²) >= 11 is 0. The number of carboxylic acids is 1. The minimum Gasteiger partial charge on any atom is -0.507 e. The van der Waals surface area contributed by atoms with Crippen molar-refractivity contribution >= 4 is 5.97 Å². The van der Waals surface area contributed by atoms with Crippen LogP contribution in [-0.2, 0) is 11.2 Å². The molecule has 0 fully saturated rings. The number of H-pyrrole nitrogens is 1. The third-order valence-electron chi connectivity index (χ3n) is 1.67. The van der Waals surface area contributed by atoms with Gasteiger partial charge in [-0.25, -0.2) is 8.78 Å². The van der Waals surface area contributed by atoms with Gasteiger partial charge in [0.25, 0.3) is 12.0 Å². The van der Waals surface area contributed by atoms with Crippen molar-refractivity contribution in [3.05, 3.63) is 27.7 Å². The second-order valence-corrected chi connectivity index (χ2v) is 2.79.